The second-order valence-corrected chi connectivity index (χ2v) is 6.85. The van der Waals surface area contributed by atoms with E-state index in [1.807, 2.05) is 17.5 Å². The van der Waals surface area contributed by atoms with Crippen molar-refractivity contribution in [3.05, 3.63) is 40.9 Å². The number of amides is 1. The molecule has 1 aliphatic carbocycles. The average molecular weight is 315 g/mol. The highest BCUT2D eigenvalue weighted by Crippen LogP contribution is 2.31. The zero-order valence-electron chi connectivity index (χ0n) is 12.7. The minimum atomic E-state index is -0.00260. The maximum Gasteiger partial charge on any atom is 0.226 e. The molecular formula is C17H21N3OS. The van der Waals surface area contributed by atoms with Crippen molar-refractivity contribution in [1.82, 2.24) is 10.3 Å². The molecule has 1 atom stereocenters. The van der Waals surface area contributed by atoms with Gasteiger partial charge in [-0.15, -0.1) is 11.3 Å². The van der Waals surface area contributed by atoms with Crippen molar-refractivity contribution in [2.45, 2.75) is 32.2 Å². The third-order valence-electron chi connectivity index (χ3n) is 3.92. The van der Waals surface area contributed by atoms with Crippen LogP contribution in [0.15, 0.2) is 29.6 Å². The summed E-state index contributed by atoms with van der Waals surface area (Å²) in [5, 5.41) is 5.83. The van der Waals surface area contributed by atoms with E-state index in [2.05, 4.69) is 29.4 Å². The van der Waals surface area contributed by atoms with Gasteiger partial charge in [0.05, 0.1) is 12.1 Å². The molecule has 116 valence electrons. The molecular weight excluding hydrogens is 294 g/mol. The van der Waals surface area contributed by atoms with E-state index in [0.717, 1.165) is 16.3 Å². The monoisotopic (exact) mass is 315 g/mol. The molecule has 1 unspecified atom stereocenters. The van der Waals surface area contributed by atoms with Crippen LogP contribution < -0.4 is 11.1 Å². The Labute approximate surface area is 134 Å². The lowest BCUT2D eigenvalue weighted by molar-refractivity contribution is -0.120. The minimum absolute atomic E-state index is 0.00260. The second-order valence-electron chi connectivity index (χ2n) is 6.00. The number of carbonyl (C=O) groups excluding carboxylic acids is 1. The summed E-state index contributed by atoms with van der Waals surface area (Å²) in [5.74, 6) is 0.602. The quantitative estimate of drug-likeness (QED) is 0.860. The first-order valence-corrected chi connectivity index (χ1v) is 8.53. The number of nitrogens with one attached hydrogen (secondary N) is 1. The predicted octanol–water partition coefficient (Wildman–Crippen LogP) is 2.51. The fourth-order valence-electron chi connectivity index (χ4n) is 2.45. The van der Waals surface area contributed by atoms with Crippen molar-refractivity contribution in [1.29, 1.82) is 0 Å². The van der Waals surface area contributed by atoms with Gasteiger partial charge in [-0.2, -0.15) is 0 Å². The molecule has 0 aliphatic heterocycles. The lowest BCUT2D eigenvalue weighted by Crippen LogP contribution is -2.39. The molecule has 0 spiro atoms. The molecule has 1 fully saturated rings. The van der Waals surface area contributed by atoms with E-state index in [0.29, 0.717) is 18.9 Å². The molecule has 2 aromatic rings. The number of nitrogens with two attached hydrogens (primary N) is 1. The number of hydrogen-bond donors (Lipinski definition) is 2. The Hall–Kier alpha value is -1.72. The van der Waals surface area contributed by atoms with Crippen molar-refractivity contribution < 1.29 is 4.79 Å². The molecule has 22 heavy (non-hydrogen) atoms. The van der Waals surface area contributed by atoms with Gasteiger partial charge in [0.2, 0.25) is 5.91 Å². The Morgan fingerprint density at radius 1 is 1.50 bits per heavy atom. The van der Waals surface area contributed by atoms with Crippen molar-refractivity contribution in [2.24, 2.45) is 11.7 Å². The molecule has 0 bridgehead atoms. The Kier molecular flexibility index (Phi) is 4.55. The summed E-state index contributed by atoms with van der Waals surface area (Å²) in [6, 6.07) is 8.34. The predicted molar refractivity (Wildman–Crippen MR) is 89.7 cm³/mol. The van der Waals surface area contributed by atoms with E-state index in [1.54, 1.807) is 11.3 Å². The van der Waals surface area contributed by atoms with Crippen LogP contribution in [0.5, 0.6) is 0 Å². The summed E-state index contributed by atoms with van der Waals surface area (Å²) in [4.78, 5) is 16.5. The number of aromatic nitrogens is 1. The lowest BCUT2D eigenvalue weighted by Gasteiger charge is -2.10. The van der Waals surface area contributed by atoms with Crippen LogP contribution in [0.25, 0.3) is 10.6 Å². The summed E-state index contributed by atoms with van der Waals surface area (Å²) in [7, 11) is 0. The molecule has 3 N–H and O–H groups in total. The number of carbonyl (C=O) groups is 1. The largest absolute Gasteiger partial charge is 0.354 e. The van der Waals surface area contributed by atoms with Crippen molar-refractivity contribution in [2.75, 3.05) is 6.54 Å². The van der Waals surface area contributed by atoms with Gasteiger partial charge in [-0.25, -0.2) is 4.98 Å². The van der Waals surface area contributed by atoms with E-state index in [-0.39, 0.29) is 11.9 Å². The minimum Gasteiger partial charge on any atom is -0.354 e. The van der Waals surface area contributed by atoms with Crippen LogP contribution in [-0.4, -0.2) is 23.5 Å². The van der Waals surface area contributed by atoms with Crippen molar-refractivity contribution in [3.63, 3.8) is 0 Å². The Balaban J connectivity index is 1.55. The zero-order chi connectivity index (χ0) is 15.5. The van der Waals surface area contributed by atoms with Gasteiger partial charge in [0.15, 0.2) is 0 Å². The summed E-state index contributed by atoms with van der Waals surface area (Å²) in [5.41, 5.74) is 9.12. The molecule has 1 amide bonds. The van der Waals surface area contributed by atoms with Crippen LogP contribution in [0, 0.1) is 12.8 Å². The molecule has 3 rings (SSSR count). The summed E-state index contributed by atoms with van der Waals surface area (Å²) in [6.07, 6.45) is 2.71. The smallest absolute Gasteiger partial charge is 0.226 e. The van der Waals surface area contributed by atoms with E-state index in [1.165, 1.54) is 18.4 Å². The Morgan fingerprint density at radius 3 is 3.05 bits per heavy atom. The molecule has 1 saturated carbocycles. The van der Waals surface area contributed by atoms with Gasteiger partial charge in [0.1, 0.15) is 5.01 Å². The third kappa shape index (κ3) is 3.93. The normalized spacial score (nSPS) is 15.5. The first kappa shape index (κ1) is 15.2. The Morgan fingerprint density at radius 2 is 2.32 bits per heavy atom. The van der Waals surface area contributed by atoms with E-state index >= 15 is 0 Å². The van der Waals surface area contributed by atoms with Crippen molar-refractivity contribution >= 4 is 17.2 Å². The topological polar surface area (TPSA) is 68.0 Å². The zero-order valence-corrected chi connectivity index (χ0v) is 13.5. The van der Waals surface area contributed by atoms with E-state index in [9.17, 15) is 4.79 Å². The molecule has 1 heterocycles. The third-order valence-corrected chi connectivity index (χ3v) is 4.86. The number of hydrogen-bond acceptors (Lipinski definition) is 4. The van der Waals surface area contributed by atoms with E-state index < -0.39 is 0 Å². The molecule has 4 nitrogen and oxygen atoms in total. The maximum absolute atomic E-state index is 12.0. The number of benzene rings is 1. The summed E-state index contributed by atoms with van der Waals surface area (Å²) in [6.45, 7) is 2.63. The van der Waals surface area contributed by atoms with Crippen LogP contribution in [0.3, 0.4) is 0 Å². The summed E-state index contributed by atoms with van der Waals surface area (Å²) < 4.78 is 0. The molecule has 1 aromatic carbocycles. The highest BCUT2D eigenvalue weighted by molar-refractivity contribution is 7.13. The second kappa shape index (κ2) is 6.58. The number of thiazole rings is 1. The molecule has 0 radical (unpaired) electrons. The van der Waals surface area contributed by atoms with Crippen LogP contribution in [0.2, 0.25) is 0 Å². The van der Waals surface area contributed by atoms with Gasteiger partial charge in [0.25, 0.3) is 0 Å². The van der Waals surface area contributed by atoms with E-state index in [4.69, 9.17) is 5.73 Å². The van der Waals surface area contributed by atoms with Gasteiger partial charge in [-0.3, -0.25) is 4.79 Å². The maximum atomic E-state index is 12.0. The average Bonchev–Trinajstić information content (AvgIpc) is 3.25. The highest BCUT2D eigenvalue weighted by atomic mass is 32.1. The van der Waals surface area contributed by atoms with Gasteiger partial charge in [0, 0.05) is 23.5 Å². The van der Waals surface area contributed by atoms with Gasteiger partial charge < -0.3 is 11.1 Å². The van der Waals surface area contributed by atoms with Gasteiger partial charge in [-0.1, -0.05) is 23.8 Å². The lowest BCUT2D eigenvalue weighted by atomic mass is 10.1. The van der Waals surface area contributed by atoms with Crippen LogP contribution in [0.4, 0.5) is 0 Å². The SMILES string of the molecule is Cc1cccc(-c2nc(CC(=O)NCC(N)C3CC3)cs2)c1. The number of rotatable bonds is 6. The molecule has 1 aromatic heterocycles. The summed E-state index contributed by atoms with van der Waals surface area (Å²) >= 11 is 1.58. The number of aryl methyl sites for hydroxylation is 1. The first-order valence-electron chi connectivity index (χ1n) is 7.65. The molecule has 1 aliphatic rings. The van der Waals surface area contributed by atoms with Gasteiger partial charge >= 0.3 is 0 Å². The van der Waals surface area contributed by atoms with Crippen molar-refractivity contribution in [3.8, 4) is 10.6 Å². The Bertz CT molecular complexity index is 663. The molecule has 5 heteroatoms. The van der Waals surface area contributed by atoms with Gasteiger partial charge in [-0.05, 0) is 31.7 Å². The van der Waals surface area contributed by atoms with Crippen LogP contribution >= 0.6 is 11.3 Å². The first-order chi connectivity index (χ1) is 10.6. The molecule has 0 saturated heterocycles. The fraction of sp³-hybridized carbons (Fsp3) is 0.412. The number of nitrogens with zero attached hydrogens (tertiary/aromatic N) is 1. The standard InChI is InChI=1S/C17H21N3OS/c1-11-3-2-4-13(7-11)17-20-14(10-22-17)8-16(21)19-9-15(18)12-5-6-12/h2-4,7,10,12,15H,5-6,8-9,18H2,1H3,(H,19,21). The highest BCUT2D eigenvalue weighted by Gasteiger charge is 2.28. The van der Waals surface area contributed by atoms with Crippen LogP contribution in [0.1, 0.15) is 24.1 Å². The van der Waals surface area contributed by atoms with Crippen LogP contribution in [-0.2, 0) is 11.2 Å². The fourth-order valence-corrected chi connectivity index (χ4v) is 3.27.